The number of hydrogen-bond acceptors (Lipinski definition) is 6. The Hall–Kier alpha value is -2.13. The molecule has 1 heterocycles. The van der Waals surface area contributed by atoms with E-state index in [1.165, 1.54) is 25.1 Å². The molecule has 1 aromatic carbocycles. The lowest BCUT2D eigenvalue weighted by molar-refractivity contribution is -0.142. The summed E-state index contributed by atoms with van der Waals surface area (Å²) in [6.07, 6.45) is 0.814. The SMILES string of the molecule is CC(=O)OC1=C(NS(C)(=O)=O)OC(C)(c2cccc(Cl)c2F)C1=O. The molecule has 0 amide bonds. The average Bonchev–Trinajstić information content (AvgIpc) is 2.65. The second-order valence-electron chi connectivity index (χ2n) is 5.19. The van der Waals surface area contributed by atoms with E-state index in [1.807, 2.05) is 4.72 Å². The van der Waals surface area contributed by atoms with Crippen LogP contribution in [0.2, 0.25) is 5.02 Å². The summed E-state index contributed by atoms with van der Waals surface area (Å²) in [6, 6.07) is 3.93. The first-order valence-electron chi connectivity index (χ1n) is 6.54. The summed E-state index contributed by atoms with van der Waals surface area (Å²) in [4.78, 5) is 23.8. The maximum absolute atomic E-state index is 14.3. The molecule has 0 fully saturated rings. The summed E-state index contributed by atoms with van der Waals surface area (Å²) in [5, 5.41) is -0.247. The number of hydrogen-bond donors (Lipinski definition) is 1. The number of esters is 1. The minimum atomic E-state index is -3.85. The zero-order valence-corrected chi connectivity index (χ0v) is 14.4. The number of rotatable bonds is 4. The van der Waals surface area contributed by atoms with Gasteiger partial charge in [0, 0.05) is 12.5 Å². The number of benzene rings is 1. The van der Waals surface area contributed by atoms with Crippen molar-refractivity contribution in [1.82, 2.24) is 4.72 Å². The smallest absolute Gasteiger partial charge is 0.308 e. The Balaban J connectivity index is 2.56. The molecule has 10 heteroatoms. The van der Waals surface area contributed by atoms with Crippen LogP contribution in [0.1, 0.15) is 19.4 Å². The fourth-order valence-electron chi connectivity index (χ4n) is 2.14. The first-order chi connectivity index (χ1) is 11.0. The average molecular weight is 378 g/mol. The number of ketones is 1. The van der Waals surface area contributed by atoms with Crippen molar-refractivity contribution in [3.05, 3.63) is 46.2 Å². The predicted molar refractivity (Wildman–Crippen MR) is 81.6 cm³/mol. The highest BCUT2D eigenvalue weighted by Crippen LogP contribution is 2.40. The van der Waals surface area contributed by atoms with Crippen LogP contribution in [0.15, 0.2) is 29.8 Å². The van der Waals surface area contributed by atoms with E-state index in [0.717, 1.165) is 13.2 Å². The van der Waals surface area contributed by atoms with E-state index in [9.17, 15) is 22.4 Å². The molecule has 1 atom stereocenters. The molecule has 1 N–H and O–H groups in total. The Kier molecular flexibility index (Phi) is 4.60. The van der Waals surface area contributed by atoms with Gasteiger partial charge in [-0.3, -0.25) is 14.3 Å². The Morgan fingerprint density at radius 3 is 2.58 bits per heavy atom. The first kappa shape index (κ1) is 18.2. The van der Waals surface area contributed by atoms with Crippen molar-refractivity contribution in [2.45, 2.75) is 19.4 Å². The minimum absolute atomic E-state index is 0.227. The largest absolute Gasteiger partial charge is 0.456 e. The van der Waals surface area contributed by atoms with Gasteiger partial charge in [0.25, 0.3) is 5.78 Å². The van der Waals surface area contributed by atoms with Gasteiger partial charge in [-0.05, 0) is 13.0 Å². The van der Waals surface area contributed by atoms with Gasteiger partial charge >= 0.3 is 5.97 Å². The van der Waals surface area contributed by atoms with Gasteiger partial charge in [-0.25, -0.2) is 12.8 Å². The van der Waals surface area contributed by atoms with Gasteiger partial charge in [0.15, 0.2) is 0 Å². The number of Topliss-reactive ketones (excluding diaryl/α,β-unsaturated/α-hetero) is 1. The molecule has 0 bridgehead atoms. The quantitative estimate of drug-likeness (QED) is 0.800. The van der Waals surface area contributed by atoms with Crippen LogP contribution in [0, 0.1) is 5.82 Å². The first-order valence-corrected chi connectivity index (χ1v) is 8.81. The highest BCUT2D eigenvalue weighted by Gasteiger charge is 2.51. The van der Waals surface area contributed by atoms with Gasteiger partial charge in [-0.15, -0.1) is 0 Å². The van der Waals surface area contributed by atoms with E-state index in [-0.39, 0.29) is 10.6 Å². The molecule has 0 spiro atoms. The number of carbonyl (C=O) groups excluding carboxylic acids is 2. The zero-order valence-electron chi connectivity index (χ0n) is 12.8. The summed E-state index contributed by atoms with van der Waals surface area (Å²) in [7, 11) is -3.85. The molecule has 7 nitrogen and oxygen atoms in total. The summed E-state index contributed by atoms with van der Waals surface area (Å²) in [5.41, 5.74) is -2.18. The van der Waals surface area contributed by atoms with Crippen LogP contribution in [-0.2, 0) is 34.7 Å². The van der Waals surface area contributed by atoms with E-state index in [0.29, 0.717) is 0 Å². The molecule has 0 aromatic heterocycles. The molecule has 0 radical (unpaired) electrons. The number of carbonyl (C=O) groups is 2. The van der Waals surface area contributed by atoms with E-state index in [1.54, 1.807) is 0 Å². The monoisotopic (exact) mass is 377 g/mol. The lowest BCUT2D eigenvalue weighted by Gasteiger charge is -2.24. The fraction of sp³-hybridized carbons (Fsp3) is 0.286. The van der Waals surface area contributed by atoms with Crippen LogP contribution in [0.25, 0.3) is 0 Å². The van der Waals surface area contributed by atoms with Crippen molar-refractivity contribution in [3.63, 3.8) is 0 Å². The Morgan fingerprint density at radius 1 is 1.42 bits per heavy atom. The molecule has 0 aliphatic carbocycles. The maximum Gasteiger partial charge on any atom is 0.308 e. The predicted octanol–water partition coefficient (Wildman–Crippen LogP) is 1.58. The number of nitrogens with one attached hydrogen (secondary N) is 1. The normalized spacial score (nSPS) is 20.8. The fourth-order valence-corrected chi connectivity index (χ4v) is 2.78. The van der Waals surface area contributed by atoms with Gasteiger partial charge in [0.2, 0.25) is 27.3 Å². The zero-order chi connectivity index (χ0) is 18.3. The summed E-state index contributed by atoms with van der Waals surface area (Å²) < 4.78 is 49.2. The molecule has 130 valence electrons. The molecule has 1 unspecified atom stereocenters. The lowest BCUT2D eigenvalue weighted by Crippen LogP contribution is -2.33. The van der Waals surface area contributed by atoms with Crippen molar-refractivity contribution in [2.24, 2.45) is 0 Å². The number of halogens is 2. The Labute approximate surface area is 142 Å². The van der Waals surface area contributed by atoms with Gasteiger partial charge in [0.05, 0.1) is 11.3 Å². The molecular formula is C14H13ClFNO6S. The molecule has 1 aromatic rings. The second-order valence-corrected chi connectivity index (χ2v) is 7.35. The molecule has 2 rings (SSSR count). The van der Waals surface area contributed by atoms with Gasteiger partial charge in [0.1, 0.15) is 5.82 Å². The summed E-state index contributed by atoms with van der Waals surface area (Å²) >= 11 is 5.71. The third-order valence-corrected chi connectivity index (χ3v) is 3.99. The molecular weight excluding hydrogens is 365 g/mol. The van der Waals surface area contributed by atoms with Crippen LogP contribution < -0.4 is 4.72 Å². The van der Waals surface area contributed by atoms with Crippen LogP contribution in [0.4, 0.5) is 4.39 Å². The molecule has 24 heavy (non-hydrogen) atoms. The van der Waals surface area contributed by atoms with Crippen molar-refractivity contribution >= 4 is 33.4 Å². The highest BCUT2D eigenvalue weighted by molar-refractivity contribution is 7.88. The van der Waals surface area contributed by atoms with E-state index in [2.05, 4.69) is 0 Å². The van der Waals surface area contributed by atoms with Crippen molar-refractivity contribution in [3.8, 4) is 0 Å². The molecule has 1 aliphatic rings. The van der Waals surface area contributed by atoms with E-state index < -0.39 is 44.8 Å². The number of ether oxygens (including phenoxy) is 2. The summed E-state index contributed by atoms with van der Waals surface area (Å²) in [5.74, 6) is -3.96. The topological polar surface area (TPSA) is 98.8 Å². The Bertz CT molecular complexity index is 866. The van der Waals surface area contributed by atoms with Crippen molar-refractivity contribution < 1.29 is 31.9 Å². The molecule has 0 saturated carbocycles. The Morgan fingerprint density at radius 2 is 2.04 bits per heavy atom. The van der Waals surface area contributed by atoms with Crippen LogP contribution >= 0.6 is 11.6 Å². The van der Waals surface area contributed by atoms with Gasteiger partial charge in [-0.1, -0.05) is 23.7 Å². The van der Waals surface area contributed by atoms with Gasteiger partial charge in [-0.2, -0.15) is 0 Å². The van der Waals surface area contributed by atoms with Crippen LogP contribution in [0.3, 0.4) is 0 Å². The van der Waals surface area contributed by atoms with Crippen molar-refractivity contribution in [2.75, 3.05) is 6.26 Å². The van der Waals surface area contributed by atoms with Gasteiger partial charge < -0.3 is 9.47 Å². The molecule has 0 saturated heterocycles. The standard InChI is InChI=1S/C14H13ClFNO6S/c1-7(18)22-11-12(19)14(2,23-13(11)17-24(3,20)21)8-5-4-6-9(15)10(8)16/h4-6,17H,1-3H3. The van der Waals surface area contributed by atoms with E-state index >= 15 is 0 Å². The molecule has 1 aliphatic heterocycles. The maximum atomic E-state index is 14.3. The van der Waals surface area contributed by atoms with E-state index in [4.69, 9.17) is 21.1 Å². The summed E-state index contributed by atoms with van der Waals surface area (Å²) in [6.45, 7) is 2.23. The van der Waals surface area contributed by atoms with Crippen LogP contribution in [-0.4, -0.2) is 26.4 Å². The van der Waals surface area contributed by atoms with Crippen molar-refractivity contribution in [1.29, 1.82) is 0 Å². The van der Waals surface area contributed by atoms with Crippen LogP contribution in [0.5, 0.6) is 0 Å². The minimum Gasteiger partial charge on any atom is -0.456 e. The third kappa shape index (κ3) is 3.36. The second kappa shape index (κ2) is 6.06. The highest BCUT2D eigenvalue weighted by atomic mass is 35.5. The lowest BCUT2D eigenvalue weighted by atomic mass is 9.91. The third-order valence-electron chi connectivity index (χ3n) is 3.14. The number of sulfonamides is 1.